The third-order valence-electron chi connectivity index (χ3n) is 9.85. The fourth-order valence-electron chi connectivity index (χ4n) is 7.61. The highest BCUT2D eigenvalue weighted by atomic mass is 35.5. The molecule has 4 aliphatic heterocycles. The smallest absolute Gasteiger partial charge is 0.241 e. The molecule has 4 heterocycles. The molecule has 1 aliphatic carbocycles. The number of halogens is 3. The molecule has 12 unspecified atom stereocenters. The molecular formula is C27H44ClF2N5O4S. The average molecular weight is 608 g/mol. The molecule has 5 aliphatic rings. The first kappa shape index (κ1) is 30.7. The fourth-order valence-corrected chi connectivity index (χ4v) is 9.31. The lowest BCUT2D eigenvalue weighted by molar-refractivity contribution is -0.143. The summed E-state index contributed by atoms with van der Waals surface area (Å²) in [5, 5.41) is 13.7. The molecule has 4 N–H and O–H groups in total. The highest BCUT2D eigenvalue weighted by Gasteiger charge is 2.48. The summed E-state index contributed by atoms with van der Waals surface area (Å²) in [5.41, 5.74) is -0.346. The van der Waals surface area contributed by atoms with Crippen molar-refractivity contribution in [3.63, 3.8) is 0 Å². The first-order valence-corrected chi connectivity index (χ1v) is 16.0. The van der Waals surface area contributed by atoms with E-state index in [1.54, 1.807) is 18.9 Å². The molecule has 5 rings (SSSR count). The van der Waals surface area contributed by atoms with Crippen molar-refractivity contribution in [3.05, 3.63) is 0 Å². The number of hydrogen-bond donors (Lipinski definition) is 4. The Morgan fingerprint density at radius 2 is 1.77 bits per heavy atom. The van der Waals surface area contributed by atoms with E-state index in [9.17, 15) is 18.4 Å². The Balaban J connectivity index is 1.15. The van der Waals surface area contributed by atoms with Gasteiger partial charge in [0.2, 0.25) is 18.2 Å². The predicted octanol–water partition coefficient (Wildman–Crippen LogP) is 1.80. The molecular weight excluding hydrogens is 564 g/mol. The van der Waals surface area contributed by atoms with Crippen molar-refractivity contribution in [2.24, 2.45) is 29.6 Å². The number of carbonyl (C=O) groups is 2. The number of methoxy groups -OCH3 is 2. The molecule has 1 saturated carbocycles. The summed E-state index contributed by atoms with van der Waals surface area (Å²) in [5.74, 6) is -0.884. The van der Waals surface area contributed by atoms with Gasteiger partial charge in [-0.1, -0.05) is 0 Å². The molecule has 0 bridgehead atoms. The van der Waals surface area contributed by atoms with E-state index >= 15 is 0 Å². The van der Waals surface area contributed by atoms with Gasteiger partial charge in [-0.05, 0) is 50.9 Å². The van der Waals surface area contributed by atoms with Crippen molar-refractivity contribution in [2.75, 3.05) is 40.4 Å². The fraction of sp³-hybridized carbons (Fsp3) is 0.926. The summed E-state index contributed by atoms with van der Waals surface area (Å²) in [6.45, 7) is 4.57. The minimum atomic E-state index is -2.38. The van der Waals surface area contributed by atoms with Gasteiger partial charge in [0.25, 0.3) is 0 Å². The summed E-state index contributed by atoms with van der Waals surface area (Å²) >= 11 is 8.12. The molecule has 0 radical (unpaired) electrons. The van der Waals surface area contributed by atoms with E-state index in [0.29, 0.717) is 45.1 Å². The van der Waals surface area contributed by atoms with E-state index in [1.165, 1.54) is 7.11 Å². The predicted molar refractivity (Wildman–Crippen MR) is 150 cm³/mol. The maximum absolute atomic E-state index is 13.6. The number of alkyl halides is 3. The van der Waals surface area contributed by atoms with Gasteiger partial charge >= 0.3 is 0 Å². The zero-order chi connectivity index (χ0) is 28.6. The third kappa shape index (κ3) is 6.58. The van der Waals surface area contributed by atoms with Gasteiger partial charge < -0.3 is 25.0 Å². The second-order valence-electron chi connectivity index (χ2n) is 12.2. The molecule has 9 nitrogen and oxygen atoms in total. The SMILES string of the molecule is COC1CC(C(F)F)CCC1C(=O)N1CC2NC(NC(=O)C3CNC(C)CC3C3CC(Cl)NCC3OC)SC2C1. The van der Waals surface area contributed by atoms with Crippen LogP contribution in [0.4, 0.5) is 8.78 Å². The van der Waals surface area contributed by atoms with Crippen LogP contribution in [-0.4, -0.2) is 104 Å². The summed E-state index contributed by atoms with van der Waals surface area (Å²) in [6.07, 6.45) is -0.186. The average Bonchev–Trinajstić information content (AvgIpc) is 3.51. The molecule has 0 aromatic carbocycles. The third-order valence-corrected chi connectivity index (χ3v) is 11.5. The second-order valence-corrected chi connectivity index (χ2v) is 14.1. The zero-order valence-corrected chi connectivity index (χ0v) is 25.1. The van der Waals surface area contributed by atoms with Crippen molar-refractivity contribution in [3.8, 4) is 0 Å². The van der Waals surface area contributed by atoms with Crippen LogP contribution in [0.25, 0.3) is 0 Å². The Morgan fingerprint density at radius 1 is 1.00 bits per heavy atom. The molecule has 13 heteroatoms. The van der Waals surface area contributed by atoms with Crippen LogP contribution < -0.4 is 21.3 Å². The number of nitrogens with zero attached hydrogens (tertiary/aromatic N) is 1. The maximum atomic E-state index is 13.6. The molecule has 5 fully saturated rings. The lowest BCUT2D eigenvalue weighted by Gasteiger charge is -2.45. The number of hydrogen-bond acceptors (Lipinski definition) is 8. The lowest BCUT2D eigenvalue weighted by Crippen LogP contribution is -2.57. The van der Waals surface area contributed by atoms with Crippen LogP contribution >= 0.6 is 23.4 Å². The number of carbonyl (C=O) groups excluding carboxylic acids is 2. The van der Waals surface area contributed by atoms with E-state index in [1.807, 2.05) is 4.90 Å². The number of nitrogens with one attached hydrogen (secondary N) is 4. The number of fused-ring (bicyclic) bond motifs is 1. The van der Waals surface area contributed by atoms with Gasteiger partial charge in [-0.15, -0.1) is 23.4 Å². The van der Waals surface area contributed by atoms with Gasteiger partial charge in [0.1, 0.15) is 5.50 Å². The Bertz CT molecular complexity index is 897. The van der Waals surface area contributed by atoms with E-state index in [2.05, 4.69) is 28.2 Å². The normalized spacial score (nSPS) is 44.0. The maximum Gasteiger partial charge on any atom is 0.241 e. The number of likely N-dealkylation sites (tertiary alicyclic amines) is 1. The van der Waals surface area contributed by atoms with Crippen LogP contribution in [0.3, 0.4) is 0 Å². The quantitative estimate of drug-likeness (QED) is 0.257. The second kappa shape index (κ2) is 13.3. The zero-order valence-electron chi connectivity index (χ0n) is 23.5. The molecule has 0 spiro atoms. The van der Waals surface area contributed by atoms with Crippen molar-refractivity contribution < 1.29 is 27.8 Å². The summed E-state index contributed by atoms with van der Waals surface area (Å²) < 4.78 is 37.7. The van der Waals surface area contributed by atoms with Gasteiger partial charge in [0.05, 0.1) is 29.5 Å². The Hall–Kier alpha value is -0.760. The van der Waals surface area contributed by atoms with Crippen LogP contribution in [0, 0.1) is 29.6 Å². The summed E-state index contributed by atoms with van der Waals surface area (Å²) in [4.78, 5) is 28.8. The molecule has 12 atom stereocenters. The number of ether oxygens (including phenoxy) is 2. The highest BCUT2D eigenvalue weighted by Crippen LogP contribution is 2.40. The standard InChI is InChI=1S/C27H44ClF2N5O4S/c1-13-6-16(17-8-23(28)32-10-21(17)39-3)18(9-31-13)25(36)34-27-33-19-11-35(12-22(19)40-27)26(37)15-5-4-14(24(29)30)7-20(15)38-2/h13-24,27,31-33H,4-12H2,1-3H3,(H,34,36). The molecule has 40 heavy (non-hydrogen) atoms. The highest BCUT2D eigenvalue weighted by molar-refractivity contribution is 8.00. The number of piperidine rings is 2. The first-order chi connectivity index (χ1) is 19.2. The number of rotatable bonds is 7. The van der Waals surface area contributed by atoms with Crippen LogP contribution in [0.5, 0.6) is 0 Å². The molecule has 0 aromatic rings. The topological polar surface area (TPSA) is 104 Å². The van der Waals surface area contributed by atoms with Crippen LogP contribution in [0.2, 0.25) is 0 Å². The first-order valence-electron chi connectivity index (χ1n) is 14.6. The van der Waals surface area contributed by atoms with Crippen molar-refractivity contribution >= 4 is 35.2 Å². The molecule has 4 saturated heterocycles. The molecule has 0 aromatic heterocycles. The minimum absolute atomic E-state index is 0.00513. The van der Waals surface area contributed by atoms with E-state index < -0.39 is 18.4 Å². The van der Waals surface area contributed by atoms with Crippen LogP contribution in [0.15, 0.2) is 0 Å². The molecule has 2 amide bonds. The van der Waals surface area contributed by atoms with E-state index in [-0.39, 0.29) is 70.3 Å². The number of amides is 2. The monoisotopic (exact) mass is 607 g/mol. The van der Waals surface area contributed by atoms with Crippen molar-refractivity contribution in [1.82, 2.24) is 26.2 Å². The Morgan fingerprint density at radius 3 is 2.48 bits per heavy atom. The summed E-state index contributed by atoms with van der Waals surface area (Å²) in [6, 6.07) is 0.387. The largest absolute Gasteiger partial charge is 0.381 e. The van der Waals surface area contributed by atoms with Crippen LogP contribution in [0.1, 0.15) is 39.0 Å². The van der Waals surface area contributed by atoms with E-state index in [4.69, 9.17) is 21.1 Å². The van der Waals surface area contributed by atoms with Crippen molar-refractivity contribution in [2.45, 2.75) is 86.0 Å². The van der Waals surface area contributed by atoms with Gasteiger partial charge in [-0.3, -0.25) is 20.2 Å². The Kier molecular flexibility index (Phi) is 10.2. The van der Waals surface area contributed by atoms with Crippen molar-refractivity contribution in [1.29, 1.82) is 0 Å². The van der Waals surface area contributed by atoms with Gasteiger partial charge in [-0.25, -0.2) is 8.78 Å². The lowest BCUT2D eigenvalue weighted by atomic mass is 9.70. The number of thioether (sulfide) groups is 1. The van der Waals surface area contributed by atoms with Gasteiger partial charge in [0, 0.05) is 63.7 Å². The summed E-state index contributed by atoms with van der Waals surface area (Å²) in [7, 11) is 3.23. The molecule has 228 valence electrons. The van der Waals surface area contributed by atoms with Gasteiger partial charge in [-0.2, -0.15) is 0 Å². The minimum Gasteiger partial charge on any atom is -0.381 e. The van der Waals surface area contributed by atoms with Gasteiger partial charge in [0.15, 0.2) is 0 Å². The van der Waals surface area contributed by atoms with E-state index in [0.717, 1.165) is 12.8 Å². The van der Waals surface area contributed by atoms with Crippen LogP contribution in [-0.2, 0) is 19.1 Å². The Labute approximate surface area is 244 Å².